The van der Waals surface area contributed by atoms with Crippen molar-refractivity contribution in [3.05, 3.63) is 101 Å². The van der Waals surface area contributed by atoms with Crippen LogP contribution >= 0.6 is 0 Å². The van der Waals surface area contributed by atoms with Crippen molar-refractivity contribution in [3.63, 3.8) is 0 Å². The molecule has 0 radical (unpaired) electrons. The van der Waals surface area contributed by atoms with E-state index in [0.29, 0.717) is 29.1 Å². The summed E-state index contributed by atoms with van der Waals surface area (Å²) in [4.78, 5) is 3.93. The van der Waals surface area contributed by atoms with Gasteiger partial charge in [-0.2, -0.15) is 13.2 Å². The number of nitrogen functional groups attached to an aromatic ring is 1. The first-order valence-corrected chi connectivity index (χ1v) is 9.87. The van der Waals surface area contributed by atoms with Gasteiger partial charge in [-0.15, -0.1) is 0 Å². The molecule has 0 heterocycles. The highest BCUT2D eigenvalue weighted by Gasteiger charge is 2.34. The van der Waals surface area contributed by atoms with Crippen LogP contribution in [-0.4, -0.2) is 13.3 Å². The van der Waals surface area contributed by atoms with E-state index in [2.05, 4.69) is 11.6 Å². The first-order valence-electron chi connectivity index (χ1n) is 9.87. The lowest BCUT2D eigenvalue weighted by Crippen LogP contribution is -2.10. The average molecular weight is 439 g/mol. The van der Waals surface area contributed by atoms with Crippen LogP contribution in [0.4, 0.5) is 18.9 Å². The Morgan fingerprint density at radius 3 is 2.47 bits per heavy atom. The van der Waals surface area contributed by atoms with Gasteiger partial charge in [0.25, 0.3) is 0 Å². The molecule has 0 aliphatic carbocycles. The van der Waals surface area contributed by atoms with Crippen LogP contribution in [0.5, 0.6) is 11.5 Å². The summed E-state index contributed by atoms with van der Waals surface area (Å²) in [5.41, 5.74) is 14.1. The molecule has 7 heteroatoms. The highest BCUT2D eigenvalue weighted by Crippen LogP contribution is 2.37. The van der Waals surface area contributed by atoms with E-state index in [1.807, 2.05) is 12.1 Å². The lowest BCUT2D eigenvalue weighted by molar-refractivity contribution is -0.138. The molecule has 166 valence electrons. The minimum Gasteiger partial charge on any atom is -0.457 e. The van der Waals surface area contributed by atoms with Gasteiger partial charge in [0.2, 0.25) is 0 Å². The summed E-state index contributed by atoms with van der Waals surface area (Å²) in [5.74, 6) is 0.386. The fourth-order valence-corrected chi connectivity index (χ4v) is 3.41. The summed E-state index contributed by atoms with van der Waals surface area (Å²) < 4.78 is 47.3. The van der Waals surface area contributed by atoms with Gasteiger partial charge in [-0.3, -0.25) is 4.99 Å². The number of rotatable bonds is 7. The number of hydrogen-bond donors (Lipinski definition) is 2. The van der Waals surface area contributed by atoms with Crippen LogP contribution < -0.4 is 16.2 Å². The van der Waals surface area contributed by atoms with Crippen molar-refractivity contribution in [1.82, 2.24) is 0 Å². The van der Waals surface area contributed by atoms with E-state index in [4.69, 9.17) is 16.2 Å². The van der Waals surface area contributed by atoms with Gasteiger partial charge in [-0.05, 0) is 47.4 Å². The molecule has 0 aliphatic rings. The fraction of sp³-hybridized carbons (Fsp3) is 0.160. The standard InChI is InChI=1S/C25H24F3N3O/c1-16(29)11-17-5-3-6-18(12-17)13-19-9-10-20(14-22(19)25(26,27)28)32-24-8-4-7-23(30)21(24)15-31-2/h3-10,12,14-15H,1,11,13,29-30H2,2H3. The van der Waals surface area contributed by atoms with Gasteiger partial charge >= 0.3 is 6.18 Å². The van der Waals surface area contributed by atoms with E-state index in [1.165, 1.54) is 18.3 Å². The predicted molar refractivity (Wildman–Crippen MR) is 122 cm³/mol. The second-order valence-corrected chi connectivity index (χ2v) is 7.40. The zero-order chi connectivity index (χ0) is 23.3. The van der Waals surface area contributed by atoms with Crippen LogP contribution in [0.3, 0.4) is 0 Å². The van der Waals surface area contributed by atoms with Crippen LogP contribution in [0.1, 0.15) is 27.8 Å². The third kappa shape index (κ3) is 5.69. The number of allylic oxidation sites excluding steroid dienone is 1. The van der Waals surface area contributed by atoms with Crippen LogP contribution in [0.15, 0.2) is 77.9 Å². The minimum atomic E-state index is -4.54. The van der Waals surface area contributed by atoms with Gasteiger partial charge in [0.15, 0.2) is 0 Å². The Bertz CT molecular complexity index is 1150. The van der Waals surface area contributed by atoms with Crippen LogP contribution in [-0.2, 0) is 19.0 Å². The van der Waals surface area contributed by atoms with E-state index < -0.39 is 11.7 Å². The van der Waals surface area contributed by atoms with Crippen LogP contribution in [0.2, 0.25) is 0 Å². The maximum Gasteiger partial charge on any atom is 0.416 e. The summed E-state index contributed by atoms with van der Waals surface area (Å²) in [6.07, 6.45) is -2.45. The topological polar surface area (TPSA) is 73.6 Å². The molecule has 4 nitrogen and oxygen atoms in total. The lowest BCUT2D eigenvalue weighted by atomic mass is 9.97. The van der Waals surface area contributed by atoms with Crippen molar-refractivity contribution in [2.45, 2.75) is 19.0 Å². The molecule has 0 amide bonds. The largest absolute Gasteiger partial charge is 0.457 e. The Morgan fingerprint density at radius 2 is 1.78 bits per heavy atom. The van der Waals surface area contributed by atoms with Crippen LogP contribution in [0, 0.1) is 0 Å². The molecule has 0 spiro atoms. The maximum absolute atomic E-state index is 13.9. The van der Waals surface area contributed by atoms with E-state index in [1.54, 1.807) is 37.4 Å². The van der Waals surface area contributed by atoms with Gasteiger partial charge in [-0.25, -0.2) is 0 Å². The second-order valence-electron chi connectivity index (χ2n) is 7.40. The Labute approximate surface area is 185 Å². The molecule has 0 aliphatic heterocycles. The summed E-state index contributed by atoms with van der Waals surface area (Å²) in [6.45, 7) is 3.68. The first-order chi connectivity index (χ1) is 15.2. The van der Waals surface area contributed by atoms with Crippen molar-refractivity contribution in [2.75, 3.05) is 12.8 Å². The molecule has 0 bridgehead atoms. The number of benzene rings is 3. The number of nitrogens with two attached hydrogens (primary N) is 2. The van der Waals surface area contributed by atoms with Crippen molar-refractivity contribution >= 4 is 11.9 Å². The number of ether oxygens (including phenoxy) is 1. The highest BCUT2D eigenvalue weighted by atomic mass is 19.4. The molecular weight excluding hydrogens is 415 g/mol. The van der Waals surface area contributed by atoms with Crippen molar-refractivity contribution in [2.24, 2.45) is 10.7 Å². The van der Waals surface area contributed by atoms with Gasteiger partial charge < -0.3 is 16.2 Å². The molecule has 4 N–H and O–H groups in total. The zero-order valence-electron chi connectivity index (χ0n) is 17.6. The Morgan fingerprint density at radius 1 is 1.06 bits per heavy atom. The molecule has 0 fully saturated rings. The average Bonchev–Trinajstić information content (AvgIpc) is 2.71. The van der Waals surface area contributed by atoms with Gasteiger partial charge in [-0.1, -0.05) is 43.0 Å². The number of hydrogen-bond acceptors (Lipinski definition) is 4. The third-order valence-corrected chi connectivity index (χ3v) is 4.79. The Balaban J connectivity index is 1.94. The Kier molecular flexibility index (Phi) is 6.88. The summed E-state index contributed by atoms with van der Waals surface area (Å²) in [6, 6.07) is 16.2. The normalized spacial score (nSPS) is 11.6. The van der Waals surface area contributed by atoms with Crippen molar-refractivity contribution in [1.29, 1.82) is 0 Å². The number of halogens is 3. The highest BCUT2D eigenvalue weighted by molar-refractivity contribution is 5.90. The molecule has 32 heavy (non-hydrogen) atoms. The number of anilines is 1. The van der Waals surface area contributed by atoms with Gasteiger partial charge in [0, 0.05) is 31.1 Å². The lowest BCUT2D eigenvalue weighted by Gasteiger charge is -2.16. The van der Waals surface area contributed by atoms with Crippen molar-refractivity contribution < 1.29 is 17.9 Å². The second kappa shape index (κ2) is 9.60. The molecule has 0 saturated heterocycles. The fourth-order valence-electron chi connectivity index (χ4n) is 3.41. The van der Waals surface area contributed by atoms with E-state index in [-0.39, 0.29) is 17.7 Å². The minimum absolute atomic E-state index is 0.0607. The molecular formula is C25H24F3N3O. The SMILES string of the molecule is C=C(N)Cc1cccc(Cc2ccc(Oc3cccc(N)c3C=NC)cc2C(F)(F)F)c1. The summed E-state index contributed by atoms with van der Waals surface area (Å²) >= 11 is 0. The van der Waals surface area contributed by atoms with E-state index in [9.17, 15) is 13.2 Å². The molecule has 0 saturated carbocycles. The zero-order valence-corrected chi connectivity index (χ0v) is 17.6. The summed E-state index contributed by atoms with van der Waals surface area (Å²) in [7, 11) is 1.57. The first kappa shape index (κ1) is 22.9. The molecule has 0 aromatic heterocycles. The van der Waals surface area contributed by atoms with Gasteiger partial charge in [0.1, 0.15) is 11.5 Å². The maximum atomic E-state index is 13.9. The van der Waals surface area contributed by atoms with Gasteiger partial charge in [0.05, 0.1) is 11.1 Å². The number of nitrogens with zero attached hydrogens (tertiary/aromatic N) is 1. The molecule has 0 atom stereocenters. The monoisotopic (exact) mass is 439 g/mol. The van der Waals surface area contributed by atoms with E-state index >= 15 is 0 Å². The summed E-state index contributed by atoms with van der Waals surface area (Å²) in [5, 5.41) is 0. The Hall–Kier alpha value is -3.74. The quantitative estimate of drug-likeness (QED) is 0.364. The number of alkyl halides is 3. The van der Waals surface area contributed by atoms with E-state index in [0.717, 1.165) is 17.2 Å². The number of aliphatic imine (C=N–C) groups is 1. The smallest absolute Gasteiger partial charge is 0.416 e. The van der Waals surface area contributed by atoms with Crippen molar-refractivity contribution in [3.8, 4) is 11.5 Å². The third-order valence-electron chi connectivity index (χ3n) is 4.79. The molecule has 3 aromatic rings. The predicted octanol–water partition coefficient (Wildman–Crippen LogP) is 5.73. The molecule has 0 unspecified atom stereocenters. The molecule has 3 aromatic carbocycles. The molecule has 3 rings (SSSR count). The van der Waals surface area contributed by atoms with Crippen LogP contribution in [0.25, 0.3) is 0 Å².